The first-order valence-corrected chi connectivity index (χ1v) is 9.33. The maximum atomic E-state index is 13.1. The van der Waals surface area contributed by atoms with Gasteiger partial charge in [-0.2, -0.15) is 0 Å². The maximum absolute atomic E-state index is 13.1. The first-order valence-electron chi connectivity index (χ1n) is 9.33. The second-order valence-corrected chi connectivity index (χ2v) is 7.22. The highest BCUT2D eigenvalue weighted by atomic mass is 16.5. The van der Waals surface area contributed by atoms with Crippen molar-refractivity contribution in [3.63, 3.8) is 0 Å². The summed E-state index contributed by atoms with van der Waals surface area (Å²) in [5.41, 5.74) is 3.13. The van der Waals surface area contributed by atoms with Crippen LogP contribution in [-0.4, -0.2) is 29.7 Å². The summed E-state index contributed by atoms with van der Waals surface area (Å²) >= 11 is 0. The van der Waals surface area contributed by atoms with Gasteiger partial charge in [0.05, 0.1) is 18.2 Å². The molecule has 0 saturated heterocycles. The van der Waals surface area contributed by atoms with E-state index in [-0.39, 0.29) is 11.8 Å². The number of aromatic nitrogens is 1. The number of carbonyl (C=O) groups excluding carboxylic acids is 2. The van der Waals surface area contributed by atoms with Gasteiger partial charge in [0.2, 0.25) is 0 Å². The van der Waals surface area contributed by atoms with E-state index in [1.54, 1.807) is 19.1 Å². The van der Waals surface area contributed by atoms with Crippen LogP contribution in [-0.2, 0) is 4.74 Å². The van der Waals surface area contributed by atoms with E-state index in [1.807, 2.05) is 37.3 Å². The number of para-hydroxylation sites is 1. The molecule has 0 radical (unpaired) electrons. The molecule has 0 spiro atoms. The summed E-state index contributed by atoms with van der Waals surface area (Å²) < 4.78 is 12.4. The number of esters is 1. The molecule has 0 aliphatic carbocycles. The lowest BCUT2D eigenvalue weighted by Crippen LogP contribution is -2.29. The molecule has 0 fully saturated rings. The third-order valence-corrected chi connectivity index (χ3v) is 4.80. The van der Waals surface area contributed by atoms with Gasteiger partial charge in [-0.1, -0.05) is 44.2 Å². The van der Waals surface area contributed by atoms with Gasteiger partial charge in [-0.3, -0.25) is 9.36 Å². The van der Waals surface area contributed by atoms with E-state index in [2.05, 4.69) is 13.8 Å². The van der Waals surface area contributed by atoms with Crippen LogP contribution in [0.15, 0.2) is 48.7 Å². The highest BCUT2D eigenvalue weighted by molar-refractivity contribution is 6.07. The Bertz CT molecular complexity index is 1030. The van der Waals surface area contributed by atoms with Crippen LogP contribution in [0.1, 0.15) is 53.0 Å². The van der Waals surface area contributed by atoms with Crippen molar-refractivity contribution >= 4 is 22.8 Å². The normalized spacial score (nSPS) is 12.2. The summed E-state index contributed by atoms with van der Waals surface area (Å²) in [6, 6.07) is 13.3. The Hall–Kier alpha value is -3.08. The standard InChI is InChI=1S/C23H25NO4/c1-14(2)17-11-10-15(3)12-21(17)28-16(4)22(25)24-13-19(23(26)27-5)18-8-6-7-9-20(18)24/h6-14,16H,1-5H3/t16-/m1/s1. The van der Waals surface area contributed by atoms with Crippen molar-refractivity contribution in [1.82, 2.24) is 4.57 Å². The predicted molar refractivity (Wildman–Crippen MR) is 109 cm³/mol. The maximum Gasteiger partial charge on any atom is 0.340 e. The molecule has 3 aromatic rings. The molecule has 1 heterocycles. The Kier molecular flexibility index (Phi) is 5.54. The van der Waals surface area contributed by atoms with Crippen LogP contribution in [0.5, 0.6) is 5.75 Å². The van der Waals surface area contributed by atoms with Crippen LogP contribution in [0.4, 0.5) is 0 Å². The summed E-state index contributed by atoms with van der Waals surface area (Å²) in [5, 5.41) is 0.674. The molecule has 0 aliphatic heterocycles. The third kappa shape index (κ3) is 3.65. The predicted octanol–water partition coefficient (Wildman–Crippen LogP) is 4.97. The lowest BCUT2D eigenvalue weighted by atomic mass is 10.0. The van der Waals surface area contributed by atoms with E-state index in [9.17, 15) is 9.59 Å². The minimum Gasteiger partial charge on any atom is -0.481 e. The van der Waals surface area contributed by atoms with Crippen molar-refractivity contribution < 1.29 is 19.1 Å². The van der Waals surface area contributed by atoms with Gasteiger partial charge in [-0.05, 0) is 43.0 Å². The van der Waals surface area contributed by atoms with Crippen LogP contribution in [0, 0.1) is 6.92 Å². The molecule has 0 N–H and O–H groups in total. The van der Waals surface area contributed by atoms with Gasteiger partial charge in [0.1, 0.15) is 5.75 Å². The molecule has 0 aliphatic rings. The average molecular weight is 379 g/mol. The van der Waals surface area contributed by atoms with Crippen molar-refractivity contribution in [2.24, 2.45) is 0 Å². The molecular weight excluding hydrogens is 354 g/mol. The fourth-order valence-corrected chi connectivity index (χ4v) is 3.29. The second-order valence-electron chi connectivity index (χ2n) is 7.22. The number of ether oxygens (including phenoxy) is 2. The molecule has 2 aromatic carbocycles. The fraction of sp³-hybridized carbons (Fsp3) is 0.304. The van der Waals surface area contributed by atoms with Crippen LogP contribution >= 0.6 is 0 Å². The number of fused-ring (bicyclic) bond motifs is 1. The van der Waals surface area contributed by atoms with Gasteiger partial charge >= 0.3 is 5.97 Å². The van der Waals surface area contributed by atoms with Crippen molar-refractivity contribution in [2.45, 2.75) is 39.7 Å². The fourth-order valence-electron chi connectivity index (χ4n) is 3.29. The summed E-state index contributed by atoms with van der Waals surface area (Å²) in [6.07, 6.45) is 0.804. The van der Waals surface area contributed by atoms with Gasteiger partial charge < -0.3 is 9.47 Å². The van der Waals surface area contributed by atoms with E-state index < -0.39 is 12.1 Å². The monoisotopic (exact) mass is 379 g/mol. The number of hydrogen-bond donors (Lipinski definition) is 0. The Labute approximate surface area is 164 Å². The zero-order valence-electron chi connectivity index (χ0n) is 16.9. The van der Waals surface area contributed by atoms with Crippen LogP contribution in [0.25, 0.3) is 10.9 Å². The van der Waals surface area contributed by atoms with Crippen molar-refractivity contribution in [1.29, 1.82) is 0 Å². The van der Waals surface area contributed by atoms with Gasteiger partial charge in [0, 0.05) is 11.6 Å². The third-order valence-electron chi connectivity index (χ3n) is 4.80. The lowest BCUT2D eigenvalue weighted by Gasteiger charge is -2.19. The summed E-state index contributed by atoms with van der Waals surface area (Å²) in [6.45, 7) is 7.89. The first-order chi connectivity index (χ1) is 13.3. The highest BCUT2D eigenvalue weighted by Crippen LogP contribution is 2.29. The molecule has 0 amide bonds. The molecule has 5 nitrogen and oxygen atoms in total. The molecule has 0 unspecified atom stereocenters. The number of carbonyl (C=O) groups is 2. The van der Waals surface area contributed by atoms with Gasteiger partial charge in [0.25, 0.3) is 5.91 Å². The molecule has 28 heavy (non-hydrogen) atoms. The highest BCUT2D eigenvalue weighted by Gasteiger charge is 2.24. The number of benzene rings is 2. The van der Waals surface area contributed by atoms with Crippen molar-refractivity contribution in [3.05, 3.63) is 65.4 Å². The van der Waals surface area contributed by atoms with Gasteiger partial charge in [0.15, 0.2) is 6.10 Å². The Morgan fingerprint density at radius 2 is 1.75 bits per heavy atom. The average Bonchev–Trinajstić information content (AvgIpc) is 3.06. The summed E-state index contributed by atoms with van der Waals surface area (Å²) in [7, 11) is 1.33. The minimum atomic E-state index is -0.722. The molecular formula is C23H25NO4. The number of aryl methyl sites for hydroxylation is 1. The largest absolute Gasteiger partial charge is 0.481 e. The van der Waals surface area contributed by atoms with E-state index in [1.165, 1.54) is 17.9 Å². The van der Waals surface area contributed by atoms with Gasteiger partial charge in [-0.25, -0.2) is 4.79 Å². The number of methoxy groups -OCH3 is 1. The quantitative estimate of drug-likeness (QED) is 0.588. The molecule has 1 atom stereocenters. The van der Waals surface area contributed by atoms with Crippen molar-refractivity contribution in [3.8, 4) is 5.75 Å². The lowest BCUT2D eigenvalue weighted by molar-refractivity contribution is 0.0602. The van der Waals surface area contributed by atoms with E-state index >= 15 is 0 Å². The van der Waals surface area contributed by atoms with Crippen molar-refractivity contribution in [2.75, 3.05) is 7.11 Å². The number of hydrogen-bond acceptors (Lipinski definition) is 4. The summed E-state index contributed by atoms with van der Waals surface area (Å²) in [4.78, 5) is 25.2. The number of nitrogens with zero attached hydrogens (tertiary/aromatic N) is 1. The zero-order valence-corrected chi connectivity index (χ0v) is 16.9. The van der Waals surface area contributed by atoms with Crippen LogP contribution in [0.3, 0.4) is 0 Å². The number of rotatable bonds is 5. The van der Waals surface area contributed by atoms with Crippen LogP contribution in [0.2, 0.25) is 0 Å². The first kappa shape index (κ1) is 19.7. The Morgan fingerprint density at radius 3 is 2.43 bits per heavy atom. The van der Waals surface area contributed by atoms with E-state index in [0.717, 1.165) is 11.1 Å². The molecule has 3 rings (SSSR count). The summed E-state index contributed by atoms with van der Waals surface area (Å²) in [5.74, 6) is 0.261. The molecule has 0 saturated carbocycles. The molecule has 146 valence electrons. The SMILES string of the molecule is COC(=O)c1cn(C(=O)[C@@H](C)Oc2cc(C)ccc2C(C)C)c2ccccc12. The zero-order chi connectivity index (χ0) is 20.4. The minimum absolute atomic E-state index is 0.248. The van der Waals surface area contributed by atoms with E-state index in [4.69, 9.17) is 9.47 Å². The van der Waals surface area contributed by atoms with Gasteiger partial charge in [-0.15, -0.1) is 0 Å². The Morgan fingerprint density at radius 1 is 1.04 bits per heavy atom. The van der Waals surface area contributed by atoms with E-state index in [0.29, 0.717) is 22.2 Å². The second kappa shape index (κ2) is 7.89. The molecule has 5 heteroatoms. The van der Waals surface area contributed by atoms with Crippen LogP contribution < -0.4 is 4.74 Å². The Balaban J connectivity index is 1.97. The molecule has 0 bridgehead atoms. The molecule has 1 aromatic heterocycles. The smallest absolute Gasteiger partial charge is 0.340 e. The topological polar surface area (TPSA) is 57.5 Å².